The Morgan fingerprint density at radius 2 is 2.00 bits per heavy atom. The second kappa shape index (κ2) is 5.86. The van der Waals surface area contributed by atoms with Crippen LogP contribution in [-0.2, 0) is 14.8 Å². The maximum atomic E-state index is 12.7. The first-order valence-corrected chi connectivity index (χ1v) is 8.39. The largest absolute Gasteiger partial charge is 0.375 e. The van der Waals surface area contributed by atoms with Crippen LogP contribution in [0.15, 0.2) is 0 Å². The van der Waals surface area contributed by atoms with E-state index in [0.717, 1.165) is 32.4 Å². The zero-order valence-electron chi connectivity index (χ0n) is 11.3. The molecule has 2 saturated heterocycles. The Labute approximate surface area is 110 Å². The highest BCUT2D eigenvalue weighted by molar-refractivity contribution is 7.89. The van der Waals surface area contributed by atoms with Crippen LogP contribution < -0.4 is 5.32 Å². The average Bonchev–Trinajstić information content (AvgIpc) is 2.39. The summed E-state index contributed by atoms with van der Waals surface area (Å²) in [5, 5.41) is 3.01. The first-order chi connectivity index (χ1) is 8.55. The number of piperidine rings is 1. The molecule has 0 aromatic carbocycles. The minimum Gasteiger partial charge on any atom is -0.375 e. The standard InChI is InChI=1S/C12H24N2O3S/c1-3-11-9-17-10(2)8-14(11)18(15,16)12-4-6-13-7-5-12/h10-13H,3-9H2,1-2H3. The van der Waals surface area contributed by atoms with E-state index in [-0.39, 0.29) is 17.4 Å². The smallest absolute Gasteiger partial charge is 0.217 e. The summed E-state index contributed by atoms with van der Waals surface area (Å²) in [6.45, 7) is 6.61. The van der Waals surface area contributed by atoms with Gasteiger partial charge in [0.05, 0.1) is 18.0 Å². The SMILES string of the molecule is CCC1COC(C)CN1S(=O)(=O)C1CCNCC1. The summed E-state index contributed by atoms with van der Waals surface area (Å²) >= 11 is 0. The fourth-order valence-corrected chi connectivity index (χ4v) is 4.99. The van der Waals surface area contributed by atoms with E-state index in [1.54, 1.807) is 4.31 Å². The first-order valence-electron chi connectivity index (χ1n) is 6.88. The molecule has 0 aromatic heterocycles. The zero-order valence-corrected chi connectivity index (χ0v) is 12.1. The van der Waals surface area contributed by atoms with E-state index in [0.29, 0.717) is 13.2 Å². The molecule has 6 heteroatoms. The molecule has 0 amide bonds. The topological polar surface area (TPSA) is 58.6 Å². The van der Waals surface area contributed by atoms with Gasteiger partial charge >= 0.3 is 0 Å². The van der Waals surface area contributed by atoms with E-state index >= 15 is 0 Å². The predicted molar refractivity (Wildman–Crippen MR) is 71.0 cm³/mol. The number of rotatable bonds is 3. The fraction of sp³-hybridized carbons (Fsp3) is 1.00. The average molecular weight is 276 g/mol. The third kappa shape index (κ3) is 2.87. The van der Waals surface area contributed by atoms with Crippen molar-refractivity contribution in [3.8, 4) is 0 Å². The normalized spacial score (nSPS) is 32.6. The monoisotopic (exact) mass is 276 g/mol. The highest BCUT2D eigenvalue weighted by atomic mass is 32.2. The predicted octanol–water partition coefficient (Wildman–Crippen LogP) is 0.568. The minimum atomic E-state index is -3.17. The number of hydrogen-bond donors (Lipinski definition) is 1. The lowest BCUT2D eigenvalue weighted by Crippen LogP contribution is -2.55. The lowest BCUT2D eigenvalue weighted by atomic mass is 10.2. The summed E-state index contributed by atoms with van der Waals surface area (Å²) in [5.74, 6) is 0. The quantitative estimate of drug-likeness (QED) is 0.818. The van der Waals surface area contributed by atoms with Gasteiger partial charge in [-0.1, -0.05) is 6.92 Å². The lowest BCUT2D eigenvalue weighted by molar-refractivity contribution is -0.0234. The second-order valence-electron chi connectivity index (χ2n) is 5.27. The van der Waals surface area contributed by atoms with E-state index in [1.165, 1.54) is 0 Å². The van der Waals surface area contributed by atoms with E-state index in [4.69, 9.17) is 4.74 Å². The van der Waals surface area contributed by atoms with E-state index in [2.05, 4.69) is 5.32 Å². The van der Waals surface area contributed by atoms with Crippen LogP contribution in [0, 0.1) is 0 Å². The molecule has 1 N–H and O–H groups in total. The number of morpholine rings is 1. The molecule has 0 aliphatic carbocycles. The highest BCUT2D eigenvalue weighted by Gasteiger charge is 2.39. The maximum Gasteiger partial charge on any atom is 0.217 e. The Morgan fingerprint density at radius 3 is 2.61 bits per heavy atom. The fourth-order valence-electron chi connectivity index (χ4n) is 2.73. The van der Waals surface area contributed by atoms with Crippen LogP contribution in [0.3, 0.4) is 0 Å². The maximum absolute atomic E-state index is 12.7. The third-order valence-electron chi connectivity index (χ3n) is 3.92. The van der Waals surface area contributed by atoms with Gasteiger partial charge < -0.3 is 10.1 Å². The molecule has 0 spiro atoms. The van der Waals surface area contributed by atoms with Crippen molar-refractivity contribution in [1.29, 1.82) is 0 Å². The molecule has 0 bridgehead atoms. The van der Waals surface area contributed by atoms with Crippen molar-refractivity contribution in [3.63, 3.8) is 0 Å². The molecule has 2 aliphatic rings. The van der Waals surface area contributed by atoms with Gasteiger partial charge in [-0.25, -0.2) is 8.42 Å². The second-order valence-corrected chi connectivity index (χ2v) is 7.44. The van der Waals surface area contributed by atoms with Gasteiger partial charge in [-0.3, -0.25) is 0 Å². The molecule has 106 valence electrons. The zero-order chi connectivity index (χ0) is 13.2. The van der Waals surface area contributed by atoms with Crippen molar-refractivity contribution in [2.45, 2.75) is 50.5 Å². The summed E-state index contributed by atoms with van der Waals surface area (Å²) in [6.07, 6.45) is 2.27. The van der Waals surface area contributed by atoms with Gasteiger partial charge in [0, 0.05) is 12.6 Å². The Balaban J connectivity index is 2.15. The van der Waals surface area contributed by atoms with Crippen molar-refractivity contribution >= 4 is 10.0 Å². The Bertz CT molecular complexity index is 366. The van der Waals surface area contributed by atoms with Crippen LogP contribution in [0.25, 0.3) is 0 Å². The summed E-state index contributed by atoms with van der Waals surface area (Å²) < 4.78 is 32.7. The molecule has 2 heterocycles. The molecule has 18 heavy (non-hydrogen) atoms. The van der Waals surface area contributed by atoms with Crippen molar-refractivity contribution < 1.29 is 13.2 Å². The Morgan fingerprint density at radius 1 is 1.33 bits per heavy atom. The minimum absolute atomic E-state index is 0.00397. The number of nitrogens with zero attached hydrogens (tertiary/aromatic N) is 1. The molecule has 0 aromatic rings. The van der Waals surface area contributed by atoms with Gasteiger partial charge in [0.15, 0.2) is 0 Å². The van der Waals surface area contributed by atoms with Crippen molar-refractivity contribution in [2.24, 2.45) is 0 Å². The van der Waals surface area contributed by atoms with E-state index in [9.17, 15) is 8.42 Å². The van der Waals surface area contributed by atoms with Crippen LogP contribution in [0.5, 0.6) is 0 Å². The van der Waals surface area contributed by atoms with Crippen LogP contribution in [0.2, 0.25) is 0 Å². The van der Waals surface area contributed by atoms with E-state index < -0.39 is 10.0 Å². The van der Waals surface area contributed by atoms with Crippen molar-refractivity contribution in [1.82, 2.24) is 9.62 Å². The molecule has 2 atom stereocenters. The van der Waals surface area contributed by atoms with Gasteiger partial charge in [-0.15, -0.1) is 0 Å². The summed E-state index contributed by atoms with van der Waals surface area (Å²) in [6, 6.07) is 0.0149. The molecule has 5 nitrogen and oxygen atoms in total. The van der Waals surface area contributed by atoms with Crippen molar-refractivity contribution in [2.75, 3.05) is 26.2 Å². The molecule has 2 unspecified atom stereocenters. The molecule has 2 aliphatic heterocycles. The molecular weight excluding hydrogens is 252 g/mol. The summed E-state index contributed by atoms with van der Waals surface area (Å²) in [5.41, 5.74) is 0. The van der Waals surface area contributed by atoms with E-state index in [1.807, 2.05) is 13.8 Å². The van der Waals surface area contributed by atoms with Gasteiger partial charge in [0.1, 0.15) is 0 Å². The molecule has 2 fully saturated rings. The van der Waals surface area contributed by atoms with Crippen LogP contribution in [0.1, 0.15) is 33.1 Å². The van der Waals surface area contributed by atoms with Gasteiger partial charge in [-0.05, 0) is 39.3 Å². The third-order valence-corrected chi connectivity index (χ3v) is 6.34. The first kappa shape index (κ1) is 14.2. The molecule has 0 radical (unpaired) electrons. The lowest BCUT2D eigenvalue weighted by Gasteiger charge is -2.39. The molecule has 2 rings (SSSR count). The number of sulfonamides is 1. The van der Waals surface area contributed by atoms with Crippen LogP contribution in [-0.4, -0.2) is 56.4 Å². The summed E-state index contributed by atoms with van der Waals surface area (Å²) in [7, 11) is -3.17. The Hall–Kier alpha value is -0.170. The Kier molecular flexibility index (Phi) is 4.64. The summed E-state index contributed by atoms with van der Waals surface area (Å²) in [4.78, 5) is 0. The molecular formula is C12H24N2O3S. The van der Waals surface area contributed by atoms with Crippen LogP contribution >= 0.6 is 0 Å². The van der Waals surface area contributed by atoms with Crippen LogP contribution in [0.4, 0.5) is 0 Å². The highest BCUT2D eigenvalue weighted by Crippen LogP contribution is 2.24. The van der Waals surface area contributed by atoms with Gasteiger partial charge in [0.2, 0.25) is 10.0 Å². The van der Waals surface area contributed by atoms with Gasteiger partial charge in [0.25, 0.3) is 0 Å². The number of hydrogen-bond acceptors (Lipinski definition) is 4. The number of ether oxygens (including phenoxy) is 1. The van der Waals surface area contributed by atoms with Crippen molar-refractivity contribution in [3.05, 3.63) is 0 Å². The van der Waals surface area contributed by atoms with Gasteiger partial charge in [-0.2, -0.15) is 4.31 Å². The molecule has 0 saturated carbocycles. The number of nitrogens with one attached hydrogen (secondary N) is 1.